The van der Waals surface area contributed by atoms with Crippen LogP contribution in [0.3, 0.4) is 0 Å². The van der Waals surface area contributed by atoms with Gasteiger partial charge in [0.2, 0.25) is 5.91 Å². The Kier molecular flexibility index (Phi) is 8.28. The van der Waals surface area contributed by atoms with E-state index in [0.717, 1.165) is 37.2 Å². The van der Waals surface area contributed by atoms with Crippen LogP contribution in [0.4, 0.5) is 5.69 Å². The predicted octanol–water partition coefficient (Wildman–Crippen LogP) is 4.61. The van der Waals surface area contributed by atoms with Crippen LogP contribution >= 0.6 is 0 Å². The van der Waals surface area contributed by atoms with Crippen molar-refractivity contribution in [1.82, 2.24) is 4.90 Å². The first-order chi connectivity index (χ1) is 13.6. The number of rotatable bonds is 9. The molecule has 0 fully saturated rings. The van der Waals surface area contributed by atoms with Crippen molar-refractivity contribution in [1.29, 1.82) is 0 Å². The van der Waals surface area contributed by atoms with E-state index in [-0.39, 0.29) is 11.8 Å². The molecule has 2 amide bonds. The van der Waals surface area contributed by atoms with E-state index in [1.165, 1.54) is 6.08 Å². The number of hydrogen-bond acceptors (Lipinski definition) is 3. The monoisotopic (exact) mass is 380 g/mol. The van der Waals surface area contributed by atoms with Crippen LogP contribution in [0.2, 0.25) is 0 Å². The fourth-order valence-corrected chi connectivity index (χ4v) is 2.80. The molecule has 0 spiro atoms. The maximum absolute atomic E-state index is 12.6. The number of ether oxygens (including phenoxy) is 1. The van der Waals surface area contributed by atoms with Crippen molar-refractivity contribution in [2.75, 3.05) is 25.5 Å². The lowest BCUT2D eigenvalue weighted by Crippen LogP contribution is -2.32. The standard InChI is InChI=1S/C23H28N2O3/c1-4-16-25(17-5-2)23(27)19-9-11-20(12-10-19)24-22(26)15-8-18-6-13-21(28-3)14-7-18/h6-15H,4-5,16-17H2,1-3H3,(H,24,26)/b15-8+. The third-order valence-electron chi connectivity index (χ3n) is 4.22. The second-order valence-corrected chi connectivity index (χ2v) is 6.47. The SMILES string of the molecule is CCCN(CCC)C(=O)c1ccc(NC(=O)/C=C/c2ccc(OC)cc2)cc1. The van der Waals surface area contributed by atoms with Gasteiger partial charge in [-0.3, -0.25) is 9.59 Å². The molecule has 148 valence electrons. The molecule has 1 N–H and O–H groups in total. The van der Waals surface area contributed by atoms with Crippen molar-refractivity contribution in [2.24, 2.45) is 0 Å². The van der Waals surface area contributed by atoms with Crippen LogP contribution in [0, 0.1) is 0 Å². The third-order valence-corrected chi connectivity index (χ3v) is 4.22. The normalized spacial score (nSPS) is 10.7. The van der Waals surface area contributed by atoms with Crippen LogP contribution in [0.1, 0.15) is 42.6 Å². The Hall–Kier alpha value is -3.08. The smallest absolute Gasteiger partial charge is 0.253 e. The molecule has 5 nitrogen and oxygen atoms in total. The topological polar surface area (TPSA) is 58.6 Å². The summed E-state index contributed by atoms with van der Waals surface area (Å²) in [6.07, 6.45) is 5.08. The zero-order valence-electron chi connectivity index (χ0n) is 16.8. The molecule has 0 saturated heterocycles. The highest BCUT2D eigenvalue weighted by Crippen LogP contribution is 2.14. The average Bonchev–Trinajstić information content (AvgIpc) is 2.72. The molecule has 0 radical (unpaired) electrons. The van der Waals surface area contributed by atoms with Gasteiger partial charge in [-0.1, -0.05) is 26.0 Å². The predicted molar refractivity (Wildman–Crippen MR) is 114 cm³/mol. The Balaban J connectivity index is 1.96. The van der Waals surface area contributed by atoms with E-state index in [9.17, 15) is 9.59 Å². The second-order valence-electron chi connectivity index (χ2n) is 6.47. The Labute approximate surface area is 167 Å². The molecule has 0 aliphatic heterocycles. The number of carbonyl (C=O) groups is 2. The second kappa shape index (κ2) is 10.9. The molecule has 0 aliphatic carbocycles. The Morgan fingerprint density at radius 2 is 1.57 bits per heavy atom. The van der Waals surface area contributed by atoms with Gasteiger partial charge >= 0.3 is 0 Å². The summed E-state index contributed by atoms with van der Waals surface area (Å²) in [5.41, 5.74) is 2.19. The summed E-state index contributed by atoms with van der Waals surface area (Å²) in [7, 11) is 1.61. The number of benzene rings is 2. The molecule has 0 atom stereocenters. The molecule has 5 heteroatoms. The van der Waals surface area contributed by atoms with E-state index < -0.39 is 0 Å². The lowest BCUT2D eigenvalue weighted by molar-refractivity contribution is -0.111. The fraction of sp³-hybridized carbons (Fsp3) is 0.304. The van der Waals surface area contributed by atoms with Gasteiger partial charge in [0, 0.05) is 30.4 Å². The zero-order chi connectivity index (χ0) is 20.4. The highest BCUT2D eigenvalue weighted by atomic mass is 16.5. The summed E-state index contributed by atoms with van der Waals surface area (Å²) < 4.78 is 5.11. The Morgan fingerprint density at radius 3 is 2.11 bits per heavy atom. The number of carbonyl (C=O) groups excluding carboxylic acids is 2. The van der Waals surface area contributed by atoms with Gasteiger partial charge in [-0.15, -0.1) is 0 Å². The first-order valence-corrected chi connectivity index (χ1v) is 9.59. The van der Waals surface area contributed by atoms with E-state index in [1.807, 2.05) is 29.2 Å². The van der Waals surface area contributed by atoms with E-state index in [2.05, 4.69) is 19.2 Å². The molecular formula is C23H28N2O3. The third kappa shape index (κ3) is 6.27. The van der Waals surface area contributed by atoms with Crippen LogP contribution in [0.15, 0.2) is 54.6 Å². The van der Waals surface area contributed by atoms with E-state index in [0.29, 0.717) is 11.3 Å². The van der Waals surface area contributed by atoms with Gasteiger partial charge in [-0.2, -0.15) is 0 Å². The highest BCUT2D eigenvalue weighted by Gasteiger charge is 2.14. The van der Waals surface area contributed by atoms with Gasteiger partial charge in [0.15, 0.2) is 0 Å². The highest BCUT2D eigenvalue weighted by molar-refractivity contribution is 6.02. The summed E-state index contributed by atoms with van der Waals surface area (Å²) in [5, 5.41) is 2.81. The van der Waals surface area contributed by atoms with Crippen LogP contribution < -0.4 is 10.1 Å². The van der Waals surface area contributed by atoms with Gasteiger partial charge in [-0.05, 0) is 60.9 Å². The number of nitrogens with zero attached hydrogens (tertiary/aromatic N) is 1. The van der Waals surface area contributed by atoms with Crippen LogP contribution in [0.5, 0.6) is 5.75 Å². The van der Waals surface area contributed by atoms with E-state index >= 15 is 0 Å². The summed E-state index contributed by atoms with van der Waals surface area (Å²) in [5.74, 6) is 0.571. The molecular weight excluding hydrogens is 352 g/mol. The molecule has 0 saturated carbocycles. The first-order valence-electron chi connectivity index (χ1n) is 9.59. The maximum Gasteiger partial charge on any atom is 0.253 e. The molecule has 0 unspecified atom stereocenters. The number of nitrogens with one attached hydrogen (secondary N) is 1. The van der Waals surface area contributed by atoms with Gasteiger partial charge < -0.3 is 15.0 Å². The van der Waals surface area contributed by atoms with Gasteiger partial charge in [-0.25, -0.2) is 0 Å². The molecule has 2 aromatic rings. The molecule has 28 heavy (non-hydrogen) atoms. The molecule has 2 rings (SSSR count). The maximum atomic E-state index is 12.6. The number of methoxy groups -OCH3 is 1. The molecule has 2 aromatic carbocycles. The minimum absolute atomic E-state index is 0.0287. The van der Waals surface area contributed by atoms with Crippen LogP contribution in [0.25, 0.3) is 6.08 Å². The molecule has 0 aliphatic rings. The van der Waals surface area contributed by atoms with Crippen molar-refractivity contribution in [2.45, 2.75) is 26.7 Å². The number of anilines is 1. The lowest BCUT2D eigenvalue weighted by Gasteiger charge is -2.21. The Bertz CT molecular complexity index is 790. The summed E-state index contributed by atoms with van der Waals surface area (Å²) in [6, 6.07) is 14.4. The summed E-state index contributed by atoms with van der Waals surface area (Å²) in [6.45, 7) is 5.63. The van der Waals surface area contributed by atoms with Crippen LogP contribution in [-0.2, 0) is 4.79 Å². The quantitative estimate of drug-likeness (QED) is 0.646. The van der Waals surface area contributed by atoms with Crippen molar-refractivity contribution >= 4 is 23.6 Å². The average molecular weight is 380 g/mol. The van der Waals surface area contributed by atoms with Gasteiger partial charge in [0.1, 0.15) is 5.75 Å². The fourth-order valence-electron chi connectivity index (χ4n) is 2.80. The van der Waals surface area contributed by atoms with Crippen LogP contribution in [-0.4, -0.2) is 36.9 Å². The summed E-state index contributed by atoms with van der Waals surface area (Å²) in [4.78, 5) is 26.6. The van der Waals surface area contributed by atoms with Crippen molar-refractivity contribution in [3.05, 3.63) is 65.7 Å². The van der Waals surface area contributed by atoms with Crippen molar-refractivity contribution in [3.8, 4) is 5.75 Å². The molecule has 0 heterocycles. The number of amides is 2. The number of hydrogen-bond donors (Lipinski definition) is 1. The van der Waals surface area contributed by atoms with Crippen molar-refractivity contribution < 1.29 is 14.3 Å². The largest absolute Gasteiger partial charge is 0.497 e. The zero-order valence-corrected chi connectivity index (χ0v) is 16.8. The first kappa shape index (κ1) is 21.2. The van der Waals surface area contributed by atoms with E-state index in [1.54, 1.807) is 37.5 Å². The summed E-state index contributed by atoms with van der Waals surface area (Å²) >= 11 is 0. The molecule has 0 bridgehead atoms. The van der Waals surface area contributed by atoms with E-state index in [4.69, 9.17) is 4.74 Å². The minimum atomic E-state index is -0.228. The van der Waals surface area contributed by atoms with Gasteiger partial charge in [0.05, 0.1) is 7.11 Å². The van der Waals surface area contributed by atoms with Gasteiger partial charge in [0.25, 0.3) is 5.91 Å². The Morgan fingerprint density at radius 1 is 0.964 bits per heavy atom. The minimum Gasteiger partial charge on any atom is -0.497 e. The lowest BCUT2D eigenvalue weighted by atomic mass is 10.1. The van der Waals surface area contributed by atoms with Crippen molar-refractivity contribution in [3.63, 3.8) is 0 Å². The molecule has 0 aromatic heterocycles.